The van der Waals surface area contributed by atoms with Crippen molar-refractivity contribution in [2.45, 2.75) is 33.6 Å². The van der Waals surface area contributed by atoms with Crippen molar-refractivity contribution in [1.29, 1.82) is 0 Å². The van der Waals surface area contributed by atoms with E-state index >= 15 is 0 Å². The first kappa shape index (κ1) is 21.8. The van der Waals surface area contributed by atoms with E-state index in [2.05, 4.69) is 35.8 Å². The third kappa shape index (κ3) is 5.79. The quantitative estimate of drug-likeness (QED) is 0.417. The molecular formula is C23H28N4O2S. The Morgan fingerprint density at radius 3 is 2.53 bits per heavy atom. The normalized spacial score (nSPS) is 13.8. The Hall–Kier alpha value is -2.93. The molecule has 0 bridgehead atoms. The minimum Gasteiger partial charge on any atom is -0.484 e. The van der Waals surface area contributed by atoms with Gasteiger partial charge in [0, 0.05) is 18.8 Å². The number of hydrogen-bond donors (Lipinski definition) is 2. The van der Waals surface area contributed by atoms with Gasteiger partial charge in [-0.1, -0.05) is 12.1 Å². The summed E-state index contributed by atoms with van der Waals surface area (Å²) in [5, 5.41) is 7.97. The first-order valence-electron chi connectivity index (χ1n) is 10.1. The molecule has 6 nitrogen and oxygen atoms in total. The van der Waals surface area contributed by atoms with E-state index in [4.69, 9.17) is 17.0 Å². The van der Waals surface area contributed by atoms with Crippen LogP contribution in [0.3, 0.4) is 0 Å². The number of likely N-dealkylation sites (tertiary alicyclic amines) is 1. The van der Waals surface area contributed by atoms with Crippen molar-refractivity contribution in [3.05, 3.63) is 59.2 Å². The molecule has 0 unspecified atom stereocenters. The van der Waals surface area contributed by atoms with Gasteiger partial charge in [0.25, 0.3) is 5.91 Å². The van der Waals surface area contributed by atoms with Gasteiger partial charge in [-0.25, -0.2) is 0 Å². The zero-order valence-corrected chi connectivity index (χ0v) is 18.5. The molecular weight excluding hydrogens is 396 g/mol. The van der Waals surface area contributed by atoms with Gasteiger partial charge in [0.1, 0.15) is 5.75 Å². The van der Waals surface area contributed by atoms with Gasteiger partial charge >= 0.3 is 0 Å². The first-order valence-corrected chi connectivity index (χ1v) is 10.5. The summed E-state index contributed by atoms with van der Waals surface area (Å²) in [5.41, 5.74) is 7.94. The van der Waals surface area contributed by atoms with Gasteiger partial charge in [-0.15, -0.1) is 0 Å². The minimum atomic E-state index is 0.0448. The van der Waals surface area contributed by atoms with Crippen molar-refractivity contribution in [2.75, 3.05) is 25.0 Å². The van der Waals surface area contributed by atoms with Crippen molar-refractivity contribution in [2.24, 2.45) is 5.10 Å². The molecule has 30 heavy (non-hydrogen) atoms. The fourth-order valence-corrected chi connectivity index (χ4v) is 3.39. The van der Waals surface area contributed by atoms with E-state index in [1.54, 1.807) is 0 Å². The molecule has 2 aromatic rings. The number of amides is 1. The highest BCUT2D eigenvalue weighted by molar-refractivity contribution is 7.80. The molecule has 1 amide bonds. The van der Waals surface area contributed by atoms with Crippen molar-refractivity contribution in [3.8, 4) is 5.75 Å². The minimum absolute atomic E-state index is 0.0448. The third-order valence-corrected chi connectivity index (χ3v) is 5.46. The van der Waals surface area contributed by atoms with Crippen LogP contribution >= 0.6 is 12.2 Å². The Kier molecular flexibility index (Phi) is 7.41. The lowest BCUT2D eigenvalue weighted by Crippen LogP contribution is -2.32. The lowest BCUT2D eigenvalue weighted by atomic mass is 10.1. The van der Waals surface area contributed by atoms with Crippen LogP contribution in [0, 0.1) is 13.8 Å². The highest BCUT2D eigenvalue weighted by Gasteiger charge is 2.18. The molecule has 2 aromatic carbocycles. The number of ether oxygens (including phenoxy) is 1. The molecule has 1 heterocycles. The molecule has 7 heteroatoms. The summed E-state index contributed by atoms with van der Waals surface area (Å²) in [7, 11) is 0. The number of hydrazone groups is 1. The van der Waals surface area contributed by atoms with Gasteiger partial charge in [-0.3, -0.25) is 10.2 Å². The molecule has 0 atom stereocenters. The van der Waals surface area contributed by atoms with Crippen molar-refractivity contribution in [3.63, 3.8) is 0 Å². The maximum Gasteiger partial charge on any atom is 0.260 e. The number of hydrogen-bond acceptors (Lipinski definition) is 4. The number of carbonyl (C=O) groups excluding carboxylic acids is 1. The first-order chi connectivity index (χ1) is 14.4. The number of carbonyl (C=O) groups is 1. The summed E-state index contributed by atoms with van der Waals surface area (Å²) < 4.78 is 5.62. The van der Waals surface area contributed by atoms with Crippen LogP contribution in [-0.2, 0) is 4.79 Å². The Morgan fingerprint density at radius 2 is 1.83 bits per heavy atom. The van der Waals surface area contributed by atoms with E-state index in [-0.39, 0.29) is 12.5 Å². The molecule has 158 valence electrons. The fourth-order valence-electron chi connectivity index (χ4n) is 3.23. The Labute approximate surface area is 183 Å². The van der Waals surface area contributed by atoms with Crippen LogP contribution in [0.5, 0.6) is 5.75 Å². The molecule has 3 rings (SSSR count). The van der Waals surface area contributed by atoms with E-state index in [9.17, 15) is 4.79 Å². The van der Waals surface area contributed by atoms with Gasteiger partial charge in [-0.05, 0) is 92.9 Å². The second-order valence-electron chi connectivity index (χ2n) is 7.41. The summed E-state index contributed by atoms with van der Waals surface area (Å²) in [4.78, 5) is 13.9. The van der Waals surface area contributed by atoms with Crippen LogP contribution < -0.4 is 15.5 Å². The number of anilines is 1. The highest BCUT2D eigenvalue weighted by Crippen LogP contribution is 2.18. The number of nitrogens with one attached hydrogen (secondary N) is 2. The second-order valence-corrected chi connectivity index (χ2v) is 7.82. The molecule has 0 spiro atoms. The van der Waals surface area contributed by atoms with E-state index in [1.807, 2.05) is 48.2 Å². The third-order valence-electron chi connectivity index (χ3n) is 5.27. The molecule has 1 aliphatic rings. The van der Waals surface area contributed by atoms with E-state index in [1.165, 1.54) is 5.56 Å². The number of aryl methyl sites for hydroxylation is 1. The van der Waals surface area contributed by atoms with E-state index in [0.29, 0.717) is 10.9 Å². The number of rotatable bonds is 6. The Morgan fingerprint density at radius 1 is 1.13 bits per heavy atom. The van der Waals surface area contributed by atoms with Crippen LogP contribution in [-0.4, -0.2) is 41.3 Å². The molecule has 0 saturated carbocycles. The molecule has 1 fully saturated rings. The largest absolute Gasteiger partial charge is 0.484 e. The van der Waals surface area contributed by atoms with Gasteiger partial charge in [0.2, 0.25) is 0 Å². The maximum absolute atomic E-state index is 12.1. The van der Waals surface area contributed by atoms with Crippen LogP contribution in [0.25, 0.3) is 0 Å². The lowest BCUT2D eigenvalue weighted by Gasteiger charge is -2.15. The topological polar surface area (TPSA) is 66.0 Å². The van der Waals surface area contributed by atoms with Crippen molar-refractivity contribution >= 4 is 34.6 Å². The summed E-state index contributed by atoms with van der Waals surface area (Å²) in [6, 6.07) is 13.6. The van der Waals surface area contributed by atoms with Gasteiger partial charge in [0.05, 0.1) is 5.71 Å². The van der Waals surface area contributed by atoms with Gasteiger partial charge < -0.3 is 15.0 Å². The monoisotopic (exact) mass is 424 g/mol. The zero-order chi connectivity index (χ0) is 21.5. The average molecular weight is 425 g/mol. The van der Waals surface area contributed by atoms with Crippen LogP contribution in [0.1, 0.15) is 36.5 Å². The van der Waals surface area contributed by atoms with Crippen molar-refractivity contribution in [1.82, 2.24) is 10.3 Å². The number of benzene rings is 2. The van der Waals surface area contributed by atoms with Crippen molar-refractivity contribution < 1.29 is 9.53 Å². The number of thiocarbonyl (C=S) groups is 1. The molecule has 0 radical (unpaired) electrons. The average Bonchev–Trinajstić information content (AvgIpc) is 3.29. The Bertz CT molecular complexity index is 935. The molecule has 1 aliphatic heterocycles. The molecule has 0 aliphatic carbocycles. The lowest BCUT2D eigenvalue weighted by molar-refractivity contribution is -0.132. The maximum atomic E-state index is 12.1. The van der Waals surface area contributed by atoms with Gasteiger partial charge in [0.15, 0.2) is 11.7 Å². The summed E-state index contributed by atoms with van der Waals surface area (Å²) >= 11 is 5.35. The molecule has 2 N–H and O–H groups in total. The van der Waals surface area contributed by atoms with Crippen LogP contribution in [0.15, 0.2) is 47.6 Å². The highest BCUT2D eigenvalue weighted by atomic mass is 32.1. The van der Waals surface area contributed by atoms with E-state index < -0.39 is 0 Å². The van der Waals surface area contributed by atoms with Crippen LogP contribution in [0.2, 0.25) is 0 Å². The van der Waals surface area contributed by atoms with Crippen LogP contribution in [0.4, 0.5) is 5.69 Å². The van der Waals surface area contributed by atoms with E-state index in [0.717, 1.165) is 48.5 Å². The predicted octanol–water partition coefficient (Wildman–Crippen LogP) is 4.02. The number of nitrogens with zero attached hydrogens (tertiary/aromatic N) is 2. The summed E-state index contributed by atoms with van der Waals surface area (Å²) in [6.07, 6.45) is 2.16. The molecule has 0 aromatic heterocycles. The standard InChI is InChI=1S/C23H28N4O2S/c1-16-7-6-8-21(17(16)2)24-23(30)26-25-18(3)19-9-11-20(12-10-19)29-15-22(28)27-13-4-5-14-27/h6-12H,4-5,13-15H2,1-3H3,(H2,24,26,30)/b25-18+. The SMILES string of the molecule is C/C(=N\NC(=S)Nc1cccc(C)c1C)c1ccc(OCC(=O)N2CCCC2)cc1. The zero-order valence-electron chi connectivity index (χ0n) is 17.7. The predicted molar refractivity (Wildman–Crippen MR) is 125 cm³/mol. The van der Waals surface area contributed by atoms with Gasteiger partial charge in [-0.2, -0.15) is 5.10 Å². The smallest absolute Gasteiger partial charge is 0.260 e. The fraction of sp³-hybridized carbons (Fsp3) is 0.348. The summed E-state index contributed by atoms with van der Waals surface area (Å²) in [6.45, 7) is 7.77. The Balaban J connectivity index is 1.51. The molecule has 1 saturated heterocycles. The summed E-state index contributed by atoms with van der Waals surface area (Å²) in [5.74, 6) is 0.711. The second kappa shape index (κ2) is 10.2.